The molecule has 0 amide bonds. The van der Waals surface area contributed by atoms with Crippen LogP contribution in [0.1, 0.15) is 25.7 Å². The fourth-order valence-electron chi connectivity index (χ4n) is 3.74. The molecule has 0 unspecified atom stereocenters. The molecule has 1 aliphatic carbocycles. The fraction of sp³-hybridized carbons (Fsp3) is 0.929. The minimum atomic E-state index is -3.27. The average molecular weight is 371 g/mol. The van der Waals surface area contributed by atoms with Gasteiger partial charge < -0.3 is 14.7 Å². The van der Waals surface area contributed by atoms with E-state index in [1.165, 1.54) is 0 Å². The quantitative estimate of drug-likeness (QED) is 0.575. The third kappa shape index (κ3) is 5.03. The molecule has 1 saturated carbocycles. The molecule has 2 fully saturated rings. The second-order valence-corrected chi connectivity index (χ2v) is 8.27. The topological polar surface area (TPSA) is 95.9 Å². The third-order valence-corrected chi connectivity index (χ3v) is 6.35. The normalized spacial score (nSPS) is 27.6. The second-order valence-electron chi connectivity index (χ2n) is 6.35. The zero-order chi connectivity index (χ0) is 16.2. The Morgan fingerprint density at radius 2 is 2.22 bits per heavy atom. The predicted molar refractivity (Wildman–Crippen MR) is 89.4 cm³/mol. The Morgan fingerprint density at radius 3 is 2.83 bits per heavy atom. The van der Waals surface area contributed by atoms with Gasteiger partial charge in [-0.15, -0.1) is 12.4 Å². The lowest BCUT2D eigenvalue weighted by Gasteiger charge is -2.23. The summed E-state index contributed by atoms with van der Waals surface area (Å²) in [5.74, 6) is -0.427. The number of rotatable bonds is 9. The number of hydrogen-bond acceptors (Lipinski definition) is 5. The van der Waals surface area contributed by atoms with Crippen LogP contribution in [0.2, 0.25) is 0 Å². The Bertz CT molecular complexity index is 501. The minimum Gasteiger partial charge on any atom is -0.481 e. The van der Waals surface area contributed by atoms with Crippen molar-refractivity contribution < 1.29 is 23.1 Å². The first-order valence-corrected chi connectivity index (χ1v) is 9.47. The van der Waals surface area contributed by atoms with Crippen molar-refractivity contribution in [2.75, 3.05) is 45.6 Å². The molecule has 1 saturated heterocycles. The van der Waals surface area contributed by atoms with Crippen LogP contribution in [0.4, 0.5) is 0 Å². The Hall–Kier alpha value is -0.410. The predicted octanol–water partition coefficient (Wildman–Crippen LogP) is 0.551. The number of carboxylic acid groups (broad SMARTS) is 1. The van der Waals surface area contributed by atoms with Crippen molar-refractivity contribution in [2.24, 2.45) is 11.3 Å². The first-order chi connectivity index (χ1) is 10.4. The first kappa shape index (κ1) is 20.6. The van der Waals surface area contributed by atoms with Gasteiger partial charge in [0.05, 0.1) is 11.2 Å². The van der Waals surface area contributed by atoms with E-state index in [1.807, 2.05) is 0 Å². The van der Waals surface area contributed by atoms with Crippen LogP contribution in [0, 0.1) is 11.3 Å². The van der Waals surface area contributed by atoms with Gasteiger partial charge in [0.1, 0.15) is 0 Å². The molecule has 2 aliphatic rings. The van der Waals surface area contributed by atoms with Crippen molar-refractivity contribution in [3.63, 3.8) is 0 Å². The molecule has 0 aromatic heterocycles. The lowest BCUT2D eigenvalue weighted by atomic mass is 9.81. The van der Waals surface area contributed by atoms with Crippen LogP contribution in [0.25, 0.3) is 0 Å². The van der Waals surface area contributed by atoms with Gasteiger partial charge in [-0.2, -0.15) is 0 Å². The monoisotopic (exact) mass is 370 g/mol. The highest BCUT2D eigenvalue weighted by molar-refractivity contribution is 7.89. The molecular weight excluding hydrogens is 344 g/mol. The number of likely N-dealkylation sites (tertiary alicyclic amines) is 1. The van der Waals surface area contributed by atoms with E-state index >= 15 is 0 Å². The third-order valence-electron chi connectivity index (χ3n) is 4.88. The molecule has 0 radical (unpaired) electrons. The molecule has 2 atom stereocenters. The summed E-state index contributed by atoms with van der Waals surface area (Å²) in [6.07, 6.45) is 3.16. The van der Waals surface area contributed by atoms with Crippen LogP contribution >= 0.6 is 12.4 Å². The Labute approximate surface area is 144 Å². The summed E-state index contributed by atoms with van der Waals surface area (Å²) >= 11 is 0. The summed E-state index contributed by atoms with van der Waals surface area (Å²) in [5, 5.41) is 9.52. The Balaban J connectivity index is 0.00000264. The number of fused-ring (bicyclic) bond motifs is 1. The summed E-state index contributed by atoms with van der Waals surface area (Å²) in [4.78, 5) is 13.7. The van der Waals surface area contributed by atoms with E-state index in [4.69, 9.17) is 4.74 Å². The van der Waals surface area contributed by atoms with Crippen LogP contribution in [0.15, 0.2) is 0 Å². The highest BCUT2D eigenvalue weighted by atomic mass is 35.5. The van der Waals surface area contributed by atoms with Gasteiger partial charge in [0, 0.05) is 39.9 Å². The van der Waals surface area contributed by atoms with Crippen molar-refractivity contribution in [3.05, 3.63) is 0 Å². The lowest BCUT2D eigenvalue weighted by molar-refractivity contribution is -0.149. The standard InChI is InChI=1S/C14H26N2O5S.ClH/c1-21-8-3-9-22(19,20)15-6-7-16-10-12-4-2-5-14(12,11-16)13(17)18;/h12,15H,2-11H2,1H3,(H,17,18);1H/t12-,14+;/m0./s1. The highest BCUT2D eigenvalue weighted by Gasteiger charge is 2.54. The SMILES string of the molecule is COCCCS(=O)(=O)NCCN1C[C@@H]2CCC[C@@]2(C(=O)O)C1.Cl. The molecule has 0 aromatic rings. The molecule has 23 heavy (non-hydrogen) atoms. The van der Waals surface area contributed by atoms with E-state index in [0.29, 0.717) is 32.7 Å². The number of ether oxygens (including phenoxy) is 1. The van der Waals surface area contributed by atoms with Gasteiger partial charge in [0.15, 0.2) is 0 Å². The number of carbonyl (C=O) groups is 1. The number of hydrogen-bond donors (Lipinski definition) is 2. The van der Waals surface area contributed by atoms with Gasteiger partial charge in [-0.1, -0.05) is 6.42 Å². The number of aliphatic carboxylic acids is 1. The maximum Gasteiger partial charge on any atom is 0.311 e. The van der Waals surface area contributed by atoms with E-state index < -0.39 is 21.4 Å². The summed E-state index contributed by atoms with van der Waals surface area (Å²) in [6.45, 7) is 2.62. The van der Waals surface area contributed by atoms with Crippen LogP contribution in [-0.2, 0) is 19.6 Å². The highest BCUT2D eigenvalue weighted by Crippen LogP contribution is 2.48. The molecule has 1 aliphatic heterocycles. The van der Waals surface area contributed by atoms with Gasteiger partial charge in [-0.25, -0.2) is 13.1 Å². The number of halogens is 1. The van der Waals surface area contributed by atoms with Gasteiger partial charge in [0.2, 0.25) is 10.0 Å². The molecule has 0 spiro atoms. The first-order valence-electron chi connectivity index (χ1n) is 7.82. The molecule has 2 rings (SSSR count). The van der Waals surface area contributed by atoms with E-state index in [1.54, 1.807) is 7.11 Å². The molecule has 136 valence electrons. The summed E-state index contributed by atoms with van der Waals surface area (Å²) in [5.41, 5.74) is -0.600. The summed E-state index contributed by atoms with van der Waals surface area (Å²) in [7, 11) is -1.72. The van der Waals surface area contributed by atoms with Gasteiger partial charge in [-0.05, 0) is 25.2 Å². The number of methoxy groups -OCH3 is 1. The van der Waals surface area contributed by atoms with Crippen molar-refractivity contribution >= 4 is 28.4 Å². The molecule has 0 bridgehead atoms. The van der Waals surface area contributed by atoms with Crippen LogP contribution < -0.4 is 4.72 Å². The van der Waals surface area contributed by atoms with Gasteiger partial charge >= 0.3 is 5.97 Å². The maximum absolute atomic E-state index is 11.8. The van der Waals surface area contributed by atoms with Crippen molar-refractivity contribution in [1.82, 2.24) is 9.62 Å². The van der Waals surface area contributed by atoms with Crippen LogP contribution in [0.3, 0.4) is 0 Å². The number of nitrogens with one attached hydrogen (secondary N) is 1. The molecule has 9 heteroatoms. The zero-order valence-corrected chi connectivity index (χ0v) is 15.1. The van der Waals surface area contributed by atoms with Crippen molar-refractivity contribution in [2.45, 2.75) is 25.7 Å². The number of sulfonamides is 1. The van der Waals surface area contributed by atoms with E-state index in [9.17, 15) is 18.3 Å². The van der Waals surface area contributed by atoms with Crippen LogP contribution in [0.5, 0.6) is 0 Å². The number of carboxylic acids is 1. The Kier molecular flexibility index (Phi) is 7.73. The molecular formula is C14H27ClN2O5S. The minimum absolute atomic E-state index is 0. The Morgan fingerprint density at radius 1 is 1.48 bits per heavy atom. The second kappa shape index (κ2) is 8.62. The molecule has 2 N–H and O–H groups in total. The van der Waals surface area contributed by atoms with E-state index in [2.05, 4.69) is 9.62 Å². The smallest absolute Gasteiger partial charge is 0.311 e. The average Bonchev–Trinajstić information content (AvgIpc) is 2.96. The summed E-state index contributed by atoms with van der Waals surface area (Å²) in [6, 6.07) is 0. The number of nitrogens with zero attached hydrogens (tertiary/aromatic N) is 1. The zero-order valence-electron chi connectivity index (χ0n) is 13.5. The van der Waals surface area contributed by atoms with E-state index in [-0.39, 0.29) is 24.1 Å². The lowest BCUT2D eigenvalue weighted by Crippen LogP contribution is -2.38. The summed E-state index contributed by atoms with van der Waals surface area (Å²) < 4.78 is 31.0. The largest absolute Gasteiger partial charge is 0.481 e. The maximum atomic E-state index is 11.8. The van der Waals surface area contributed by atoms with Crippen LogP contribution in [-0.4, -0.2) is 70.0 Å². The molecule has 7 nitrogen and oxygen atoms in total. The fourth-order valence-corrected chi connectivity index (χ4v) is 4.78. The van der Waals surface area contributed by atoms with Gasteiger partial charge in [-0.3, -0.25) is 4.79 Å². The van der Waals surface area contributed by atoms with E-state index in [0.717, 1.165) is 25.8 Å². The van der Waals surface area contributed by atoms with Crippen molar-refractivity contribution in [3.8, 4) is 0 Å². The molecule has 0 aromatic carbocycles. The van der Waals surface area contributed by atoms with Gasteiger partial charge in [0.25, 0.3) is 0 Å². The van der Waals surface area contributed by atoms with Crippen molar-refractivity contribution in [1.29, 1.82) is 0 Å². The molecule has 1 heterocycles.